The number of benzene rings is 3. The fraction of sp³-hybridized carbons (Fsp3) is 0.360. The van der Waals surface area contributed by atoms with E-state index in [1.807, 2.05) is 32.1 Å². The molecule has 0 amide bonds. The summed E-state index contributed by atoms with van der Waals surface area (Å²) in [6.07, 6.45) is -0.0589. The molecule has 30 heavy (non-hydrogen) atoms. The van der Waals surface area contributed by atoms with Crippen LogP contribution in [0.15, 0.2) is 72.8 Å². The Morgan fingerprint density at radius 3 is 2.43 bits per heavy atom. The lowest BCUT2D eigenvalue weighted by Gasteiger charge is -2.30. The maximum atomic E-state index is 6.59. The van der Waals surface area contributed by atoms with Crippen LogP contribution in [0.2, 0.25) is 0 Å². The first-order chi connectivity index (χ1) is 14.7. The summed E-state index contributed by atoms with van der Waals surface area (Å²) in [7, 11) is 3.94. The minimum atomic E-state index is -0.0779. The fourth-order valence-electron chi connectivity index (χ4n) is 4.22. The predicted molar refractivity (Wildman–Crippen MR) is 121 cm³/mol. The molecular weight excluding hydrogens is 374 g/mol. The van der Waals surface area contributed by atoms with Gasteiger partial charge in [-0.2, -0.15) is 5.06 Å². The van der Waals surface area contributed by atoms with Crippen LogP contribution >= 0.6 is 0 Å². The van der Waals surface area contributed by atoms with E-state index in [0.717, 1.165) is 6.54 Å². The molecule has 158 valence electrons. The second-order valence-electron chi connectivity index (χ2n) is 7.91. The predicted octanol–water partition coefficient (Wildman–Crippen LogP) is 4.04. The summed E-state index contributed by atoms with van der Waals surface area (Å²) in [6, 6.07) is 25.7. The zero-order valence-electron chi connectivity index (χ0n) is 17.9. The number of fused-ring (bicyclic) bond motifs is 1. The number of likely N-dealkylation sites (N-methyl/N-ethyl adjacent to an activating group) is 2. The minimum Gasteiger partial charge on any atom is -0.370 e. The smallest absolute Gasteiger partial charge is 0.128 e. The molecule has 0 aromatic heterocycles. The Balaban J connectivity index is 1.64. The van der Waals surface area contributed by atoms with Crippen LogP contribution in [0.5, 0.6) is 0 Å². The third kappa shape index (κ3) is 4.72. The highest BCUT2D eigenvalue weighted by atomic mass is 16.7. The standard InChI is InChI=1S/C25H31N3O2/c1-18-27-24(28(3)30-18)17-29-25(20-10-5-4-6-11-20)23(16-26-2)22-14-13-19-9-7-8-12-21(19)15-22/h4-15,18,23-27H,16-17H2,1-3H3/t18?,23?,24?,25-/m1/s1. The van der Waals surface area contributed by atoms with Gasteiger partial charge in [-0.15, -0.1) is 0 Å². The summed E-state index contributed by atoms with van der Waals surface area (Å²) in [5.74, 6) is 0.173. The molecular formula is C25H31N3O2. The Kier molecular flexibility index (Phi) is 6.77. The number of hydrogen-bond donors (Lipinski definition) is 2. The van der Waals surface area contributed by atoms with Crippen LogP contribution in [-0.2, 0) is 9.57 Å². The molecule has 3 aromatic carbocycles. The maximum Gasteiger partial charge on any atom is 0.128 e. The van der Waals surface area contributed by atoms with E-state index in [0.29, 0.717) is 6.61 Å². The Bertz CT molecular complexity index is 949. The molecule has 1 aliphatic rings. The highest BCUT2D eigenvalue weighted by Gasteiger charge is 2.31. The molecule has 3 unspecified atom stereocenters. The van der Waals surface area contributed by atoms with Gasteiger partial charge >= 0.3 is 0 Å². The SMILES string of the molecule is CNCC(c1ccc2ccccc2c1)[C@H](OCC1NC(C)ON1C)c1ccccc1. The third-order valence-corrected chi connectivity index (χ3v) is 5.74. The van der Waals surface area contributed by atoms with Gasteiger partial charge in [0.15, 0.2) is 0 Å². The van der Waals surface area contributed by atoms with E-state index in [1.54, 1.807) is 0 Å². The lowest BCUT2D eigenvalue weighted by atomic mass is 9.87. The van der Waals surface area contributed by atoms with Crippen molar-refractivity contribution < 1.29 is 9.57 Å². The van der Waals surface area contributed by atoms with Crippen molar-refractivity contribution in [2.45, 2.75) is 31.3 Å². The van der Waals surface area contributed by atoms with E-state index in [-0.39, 0.29) is 24.4 Å². The zero-order chi connectivity index (χ0) is 20.9. The van der Waals surface area contributed by atoms with E-state index in [9.17, 15) is 0 Å². The van der Waals surface area contributed by atoms with Crippen molar-refractivity contribution in [3.63, 3.8) is 0 Å². The molecule has 1 fully saturated rings. The number of nitrogens with one attached hydrogen (secondary N) is 2. The van der Waals surface area contributed by atoms with E-state index >= 15 is 0 Å². The Morgan fingerprint density at radius 2 is 1.73 bits per heavy atom. The number of hydrogen-bond acceptors (Lipinski definition) is 5. The van der Waals surface area contributed by atoms with Gasteiger partial charge in [-0.1, -0.05) is 72.8 Å². The van der Waals surface area contributed by atoms with E-state index in [1.165, 1.54) is 21.9 Å². The molecule has 4 rings (SSSR count). The summed E-state index contributed by atoms with van der Waals surface area (Å²) >= 11 is 0. The van der Waals surface area contributed by atoms with E-state index < -0.39 is 0 Å². The van der Waals surface area contributed by atoms with Crippen LogP contribution in [-0.4, -0.2) is 44.7 Å². The van der Waals surface area contributed by atoms with Gasteiger partial charge in [0, 0.05) is 19.5 Å². The molecule has 3 aromatic rings. The molecule has 5 heteroatoms. The lowest BCUT2D eigenvalue weighted by Crippen LogP contribution is -2.39. The molecule has 0 radical (unpaired) electrons. The average Bonchev–Trinajstić information content (AvgIpc) is 3.10. The summed E-state index contributed by atoms with van der Waals surface area (Å²) in [4.78, 5) is 5.68. The molecule has 0 spiro atoms. The molecule has 0 saturated carbocycles. The van der Waals surface area contributed by atoms with Gasteiger partial charge < -0.3 is 10.1 Å². The van der Waals surface area contributed by atoms with Crippen LogP contribution in [0.4, 0.5) is 0 Å². The molecule has 0 bridgehead atoms. The van der Waals surface area contributed by atoms with Gasteiger partial charge in [0.1, 0.15) is 12.4 Å². The van der Waals surface area contributed by atoms with Crippen LogP contribution in [0.3, 0.4) is 0 Å². The zero-order valence-corrected chi connectivity index (χ0v) is 17.9. The molecule has 0 aliphatic carbocycles. The number of nitrogens with zero attached hydrogens (tertiary/aromatic N) is 1. The van der Waals surface area contributed by atoms with Gasteiger partial charge in [0.25, 0.3) is 0 Å². The second-order valence-corrected chi connectivity index (χ2v) is 7.91. The monoisotopic (exact) mass is 405 g/mol. The van der Waals surface area contributed by atoms with Gasteiger partial charge in [-0.25, -0.2) is 0 Å². The summed E-state index contributed by atoms with van der Waals surface area (Å²) in [5.41, 5.74) is 2.45. The first-order valence-corrected chi connectivity index (χ1v) is 10.6. The average molecular weight is 406 g/mol. The van der Waals surface area contributed by atoms with Crippen molar-refractivity contribution in [3.8, 4) is 0 Å². The second kappa shape index (κ2) is 9.69. The van der Waals surface area contributed by atoms with Crippen LogP contribution < -0.4 is 10.6 Å². The quantitative estimate of drug-likeness (QED) is 0.592. The van der Waals surface area contributed by atoms with Crippen LogP contribution in [0, 0.1) is 0 Å². The number of rotatable bonds is 8. The van der Waals surface area contributed by atoms with Crippen LogP contribution in [0.1, 0.15) is 30.1 Å². The van der Waals surface area contributed by atoms with Crippen molar-refractivity contribution >= 4 is 10.8 Å². The van der Waals surface area contributed by atoms with Crippen molar-refractivity contribution in [1.29, 1.82) is 0 Å². The van der Waals surface area contributed by atoms with Crippen molar-refractivity contribution in [2.75, 3.05) is 27.2 Å². The van der Waals surface area contributed by atoms with Gasteiger partial charge in [-0.3, -0.25) is 10.2 Å². The fourth-order valence-corrected chi connectivity index (χ4v) is 4.22. The van der Waals surface area contributed by atoms with Crippen molar-refractivity contribution in [3.05, 3.63) is 83.9 Å². The third-order valence-electron chi connectivity index (χ3n) is 5.74. The van der Waals surface area contributed by atoms with Gasteiger partial charge in [0.2, 0.25) is 0 Å². The summed E-state index contributed by atoms with van der Waals surface area (Å²) in [5, 5.41) is 11.1. The lowest BCUT2D eigenvalue weighted by molar-refractivity contribution is -0.150. The number of ether oxygens (including phenoxy) is 1. The molecule has 1 aliphatic heterocycles. The Labute approximate surface area is 178 Å². The van der Waals surface area contributed by atoms with E-state index in [4.69, 9.17) is 9.57 Å². The largest absolute Gasteiger partial charge is 0.370 e. The molecule has 1 heterocycles. The van der Waals surface area contributed by atoms with Crippen molar-refractivity contribution in [2.24, 2.45) is 0 Å². The highest BCUT2D eigenvalue weighted by molar-refractivity contribution is 5.83. The normalized spacial score (nSPS) is 21.7. The molecule has 4 atom stereocenters. The van der Waals surface area contributed by atoms with Gasteiger partial charge in [0.05, 0.1) is 12.7 Å². The summed E-state index contributed by atoms with van der Waals surface area (Å²) in [6.45, 7) is 3.36. The first kappa shape index (κ1) is 21.0. The Morgan fingerprint density at radius 1 is 1.00 bits per heavy atom. The highest BCUT2D eigenvalue weighted by Crippen LogP contribution is 2.35. The topological polar surface area (TPSA) is 45.8 Å². The summed E-state index contributed by atoms with van der Waals surface area (Å²) < 4.78 is 6.59. The molecule has 2 N–H and O–H groups in total. The van der Waals surface area contributed by atoms with Crippen LogP contribution in [0.25, 0.3) is 10.8 Å². The van der Waals surface area contributed by atoms with Gasteiger partial charge in [-0.05, 0) is 35.9 Å². The molecule has 5 nitrogen and oxygen atoms in total. The Hall–Kier alpha value is -2.28. The van der Waals surface area contributed by atoms with Crippen molar-refractivity contribution in [1.82, 2.24) is 15.7 Å². The minimum absolute atomic E-state index is 0.00707. The maximum absolute atomic E-state index is 6.59. The first-order valence-electron chi connectivity index (χ1n) is 10.6. The number of hydroxylamine groups is 2. The molecule has 1 saturated heterocycles. The van der Waals surface area contributed by atoms with E-state index in [2.05, 4.69) is 77.4 Å².